The van der Waals surface area contributed by atoms with E-state index in [9.17, 15) is 14.7 Å². The number of methoxy groups -OCH3 is 1. The summed E-state index contributed by atoms with van der Waals surface area (Å²) < 4.78 is 10.5. The van der Waals surface area contributed by atoms with E-state index in [2.05, 4.69) is 53.8 Å². The number of carbonyl (C=O) groups excluding carboxylic acids is 1. The first kappa shape index (κ1) is 31.0. The summed E-state index contributed by atoms with van der Waals surface area (Å²) in [6.45, 7) is 0.115. The van der Waals surface area contributed by atoms with E-state index < -0.39 is 22.9 Å². The lowest BCUT2D eigenvalue weighted by molar-refractivity contribution is -0.139. The van der Waals surface area contributed by atoms with E-state index in [0.717, 1.165) is 44.7 Å². The van der Waals surface area contributed by atoms with Crippen LogP contribution in [0, 0.1) is 0 Å². The van der Waals surface area contributed by atoms with Gasteiger partial charge in [0.15, 0.2) is 0 Å². The Morgan fingerprint density at radius 1 is 0.739 bits per heavy atom. The second kappa shape index (κ2) is 14.0. The minimum atomic E-state index is -1.12. The van der Waals surface area contributed by atoms with Gasteiger partial charge in [0.25, 0.3) is 0 Å². The number of hydrogen-bond donors (Lipinski definition) is 2. The van der Waals surface area contributed by atoms with Crippen LogP contribution in [0.4, 0.5) is 4.79 Å². The van der Waals surface area contributed by atoms with Gasteiger partial charge in [-0.05, 0) is 63.3 Å². The summed E-state index contributed by atoms with van der Waals surface area (Å²) in [5, 5.41) is 12.7. The van der Waals surface area contributed by atoms with E-state index in [-0.39, 0.29) is 18.9 Å². The number of carboxylic acids is 1. The molecule has 1 amide bonds. The number of carboxylic acid groups (broad SMARTS) is 1. The average molecular weight is 630 g/mol. The summed E-state index contributed by atoms with van der Waals surface area (Å²) in [7, 11) is 1.64. The molecular weight excluding hydrogens is 594 g/mol. The van der Waals surface area contributed by atoms with Crippen molar-refractivity contribution < 1.29 is 24.2 Å². The predicted octanol–water partition coefficient (Wildman–Crippen LogP) is 8.10. The van der Waals surface area contributed by atoms with Crippen LogP contribution < -0.4 is 10.1 Å². The Kier molecular flexibility index (Phi) is 9.41. The molecular formula is C39H35NO5S. The first-order chi connectivity index (χ1) is 22.5. The maximum atomic E-state index is 13.0. The molecule has 7 heteroatoms. The number of benzene rings is 5. The molecule has 0 radical (unpaired) electrons. The van der Waals surface area contributed by atoms with Crippen molar-refractivity contribution in [1.82, 2.24) is 5.32 Å². The molecule has 0 aliphatic heterocycles. The molecule has 0 saturated heterocycles. The van der Waals surface area contributed by atoms with Gasteiger partial charge in [-0.2, -0.15) is 0 Å². The lowest BCUT2D eigenvalue weighted by Gasteiger charge is -2.36. The molecule has 1 aliphatic rings. The summed E-state index contributed by atoms with van der Waals surface area (Å²) in [5.74, 6) is -0.0272. The van der Waals surface area contributed by atoms with Crippen molar-refractivity contribution in [3.05, 3.63) is 161 Å². The standard InChI is InChI=1S/C39H35NO5S/c1-44-30-22-20-29(21-23-30)39(27-12-4-2-5-13-27,28-14-6-3-7-15-28)46-25-24-36(37(41)42)40-38(43)45-26-35-33-18-10-8-16-31(33)32-17-9-11-19-34(32)35/h2-23,35-36H,24-26H2,1H3,(H,40,43)(H,41,42)/t36-/m1/s1. The van der Waals surface area contributed by atoms with Gasteiger partial charge in [-0.1, -0.05) is 121 Å². The van der Waals surface area contributed by atoms with Crippen LogP contribution in [0.3, 0.4) is 0 Å². The molecule has 1 atom stereocenters. The smallest absolute Gasteiger partial charge is 0.407 e. The topological polar surface area (TPSA) is 84.9 Å². The molecule has 0 heterocycles. The Bertz CT molecular complexity index is 1710. The van der Waals surface area contributed by atoms with Gasteiger partial charge >= 0.3 is 12.1 Å². The number of hydrogen-bond acceptors (Lipinski definition) is 5. The number of alkyl carbamates (subject to hydrolysis) is 1. The predicted molar refractivity (Wildman–Crippen MR) is 182 cm³/mol. The Labute approximate surface area is 273 Å². The van der Waals surface area contributed by atoms with Crippen LogP contribution in [0.1, 0.15) is 40.2 Å². The van der Waals surface area contributed by atoms with Crippen molar-refractivity contribution >= 4 is 23.8 Å². The van der Waals surface area contributed by atoms with Crippen molar-refractivity contribution in [2.24, 2.45) is 0 Å². The second-order valence-corrected chi connectivity index (χ2v) is 12.4. The van der Waals surface area contributed by atoms with Crippen molar-refractivity contribution in [3.8, 4) is 16.9 Å². The minimum Gasteiger partial charge on any atom is -0.497 e. The summed E-state index contributed by atoms with van der Waals surface area (Å²) in [4.78, 5) is 25.4. The van der Waals surface area contributed by atoms with E-state index in [1.165, 1.54) is 0 Å². The van der Waals surface area contributed by atoms with Gasteiger partial charge in [0.1, 0.15) is 18.4 Å². The molecule has 0 aromatic heterocycles. The number of fused-ring (bicyclic) bond motifs is 3. The Morgan fingerprint density at radius 2 is 1.24 bits per heavy atom. The van der Waals surface area contributed by atoms with E-state index in [0.29, 0.717) is 5.75 Å². The fourth-order valence-electron chi connectivity index (χ4n) is 6.29. The SMILES string of the molecule is COc1ccc(C(SCC[C@@H](NC(=O)OCC2c3ccccc3-c3ccccc32)C(=O)O)(c2ccccc2)c2ccccc2)cc1. The normalized spacial score (nSPS) is 12.9. The molecule has 0 bridgehead atoms. The maximum absolute atomic E-state index is 13.0. The van der Waals surface area contributed by atoms with Crippen LogP contribution in [-0.4, -0.2) is 42.7 Å². The molecule has 6 nitrogen and oxygen atoms in total. The highest BCUT2D eigenvalue weighted by molar-refractivity contribution is 8.00. The average Bonchev–Trinajstić information content (AvgIpc) is 3.43. The molecule has 0 unspecified atom stereocenters. The fourth-order valence-corrected chi connectivity index (χ4v) is 7.86. The number of rotatable bonds is 12. The van der Waals surface area contributed by atoms with E-state index >= 15 is 0 Å². The molecule has 2 N–H and O–H groups in total. The Balaban J connectivity index is 1.19. The molecule has 46 heavy (non-hydrogen) atoms. The number of ether oxygens (including phenoxy) is 2. The zero-order valence-electron chi connectivity index (χ0n) is 25.5. The number of aliphatic carboxylic acids is 1. The largest absolute Gasteiger partial charge is 0.497 e. The lowest BCUT2D eigenvalue weighted by atomic mass is 9.84. The fraction of sp³-hybridized carbons (Fsp3) is 0.179. The van der Waals surface area contributed by atoms with Gasteiger partial charge in [-0.3, -0.25) is 0 Å². The number of carbonyl (C=O) groups is 2. The van der Waals surface area contributed by atoms with Crippen LogP contribution in [-0.2, 0) is 14.3 Å². The summed E-state index contributed by atoms with van der Waals surface area (Å²) in [6, 6.07) is 43.4. The van der Waals surface area contributed by atoms with Crippen LogP contribution in [0.5, 0.6) is 5.75 Å². The highest BCUT2D eigenvalue weighted by atomic mass is 32.2. The molecule has 5 aromatic rings. The number of nitrogens with one attached hydrogen (secondary N) is 1. The van der Waals surface area contributed by atoms with Gasteiger partial charge in [-0.25, -0.2) is 9.59 Å². The first-order valence-electron chi connectivity index (χ1n) is 15.2. The molecule has 0 fully saturated rings. The first-order valence-corrected chi connectivity index (χ1v) is 16.2. The van der Waals surface area contributed by atoms with Crippen molar-refractivity contribution in [2.45, 2.75) is 23.1 Å². The quantitative estimate of drug-likeness (QED) is 0.136. The Morgan fingerprint density at radius 3 is 1.76 bits per heavy atom. The minimum absolute atomic E-state index is 0.112. The van der Waals surface area contributed by atoms with Crippen LogP contribution in [0.25, 0.3) is 11.1 Å². The van der Waals surface area contributed by atoms with Crippen LogP contribution >= 0.6 is 11.8 Å². The summed E-state index contributed by atoms with van der Waals surface area (Å²) in [5.41, 5.74) is 7.61. The molecule has 0 spiro atoms. The number of thioether (sulfide) groups is 1. The second-order valence-electron chi connectivity index (χ2n) is 11.1. The summed E-state index contributed by atoms with van der Waals surface area (Å²) in [6.07, 6.45) is -0.548. The van der Waals surface area contributed by atoms with Gasteiger partial charge in [0.2, 0.25) is 0 Å². The van der Waals surface area contributed by atoms with Crippen molar-refractivity contribution in [2.75, 3.05) is 19.5 Å². The third-order valence-corrected chi connectivity index (χ3v) is 10.1. The van der Waals surface area contributed by atoms with E-state index in [4.69, 9.17) is 9.47 Å². The van der Waals surface area contributed by atoms with Gasteiger partial charge < -0.3 is 19.9 Å². The van der Waals surface area contributed by atoms with Crippen molar-refractivity contribution in [1.29, 1.82) is 0 Å². The van der Waals surface area contributed by atoms with E-state index in [1.807, 2.05) is 84.9 Å². The van der Waals surface area contributed by atoms with Crippen LogP contribution in [0.15, 0.2) is 133 Å². The monoisotopic (exact) mass is 629 g/mol. The molecule has 232 valence electrons. The molecule has 5 aromatic carbocycles. The van der Waals surface area contributed by atoms with E-state index in [1.54, 1.807) is 18.9 Å². The van der Waals surface area contributed by atoms with Crippen LogP contribution in [0.2, 0.25) is 0 Å². The highest BCUT2D eigenvalue weighted by Gasteiger charge is 2.37. The van der Waals surface area contributed by atoms with Gasteiger partial charge in [0.05, 0.1) is 11.9 Å². The zero-order valence-corrected chi connectivity index (χ0v) is 26.3. The van der Waals surface area contributed by atoms with Crippen molar-refractivity contribution in [3.63, 3.8) is 0 Å². The maximum Gasteiger partial charge on any atom is 0.407 e. The van der Waals surface area contributed by atoms with Gasteiger partial charge in [-0.15, -0.1) is 11.8 Å². The molecule has 1 aliphatic carbocycles. The van der Waals surface area contributed by atoms with Gasteiger partial charge in [0, 0.05) is 5.92 Å². The number of amides is 1. The molecule has 0 saturated carbocycles. The molecule has 6 rings (SSSR count). The third-order valence-electron chi connectivity index (χ3n) is 8.52. The Hall–Kier alpha value is -5.01. The zero-order chi connectivity index (χ0) is 31.9. The highest BCUT2D eigenvalue weighted by Crippen LogP contribution is 2.49. The summed E-state index contributed by atoms with van der Waals surface area (Å²) >= 11 is 1.64. The lowest BCUT2D eigenvalue weighted by Crippen LogP contribution is -2.42. The third kappa shape index (κ3) is 6.24.